The van der Waals surface area contributed by atoms with E-state index in [4.69, 9.17) is 27.9 Å². The second kappa shape index (κ2) is 8.96. The van der Waals surface area contributed by atoms with E-state index in [1.54, 1.807) is 24.3 Å². The van der Waals surface area contributed by atoms with E-state index in [-0.39, 0.29) is 11.8 Å². The van der Waals surface area contributed by atoms with E-state index in [0.717, 1.165) is 22.0 Å². The van der Waals surface area contributed by atoms with E-state index in [1.165, 1.54) is 13.2 Å². The van der Waals surface area contributed by atoms with Crippen LogP contribution in [0.4, 0.5) is 4.39 Å². The Labute approximate surface area is 189 Å². The van der Waals surface area contributed by atoms with Crippen molar-refractivity contribution in [2.45, 2.75) is 6.54 Å². The maximum Gasteiger partial charge on any atom is 0.338 e. The molecule has 0 aliphatic carbocycles. The maximum atomic E-state index is 14.1. The zero-order chi connectivity index (χ0) is 22.0. The summed E-state index contributed by atoms with van der Waals surface area (Å²) in [5.41, 5.74) is 3.73. The molecule has 0 aliphatic rings. The van der Waals surface area contributed by atoms with Crippen LogP contribution in [0.15, 0.2) is 66.9 Å². The van der Waals surface area contributed by atoms with Crippen LogP contribution in [0.2, 0.25) is 10.0 Å². The van der Waals surface area contributed by atoms with Crippen molar-refractivity contribution in [2.75, 3.05) is 7.11 Å². The monoisotopic (exact) mass is 453 g/mol. The fourth-order valence-electron chi connectivity index (χ4n) is 3.51. The van der Waals surface area contributed by atoms with Crippen molar-refractivity contribution in [1.82, 2.24) is 4.57 Å². The highest BCUT2D eigenvalue weighted by molar-refractivity contribution is 6.31. The van der Waals surface area contributed by atoms with Crippen molar-refractivity contribution in [2.24, 2.45) is 0 Å². The number of fused-ring (bicyclic) bond motifs is 1. The lowest BCUT2D eigenvalue weighted by atomic mass is 10.1. The predicted molar refractivity (Wildman–Crippen MR) is 124 cm³/mol. The Bertz CT molecular complexity index is 1310. The number of hydrogen-bond donors (Lipinski definition) is 0. The molecule has 0 amide bonds. The number of ether oxygens (including phenoxy) is 1. The molecule has 1 aromatic heterocycles. The summed E-state index contributed by atoms with van der Waals surface area (Å²) in [5, 5.41) is 1.76. The van der Waals surface area contributed by atoms with Crippen molar-refractivity contribution in [3.8, 4) is 0 Å². The SMILES string of the molecule is COC(=O)c1cccc2c1ccn2Cc1ccc(Cl)cc1/C=C/c1ccc(Cl)cc1F. The lowest BCUT2D eigenvalue weighted by Gasteiger charge is -2.11. The average Bonchev–Trinajstić information content (AvgIpc) is 3.17. The van der Waals surface area contributed by atoms with Crippen LogP contribution in [0.5, 0.6) is 0 Å². The molecule has 156 valence electrons. The van der Waals surface area contributed by atoms with Gasteiger partial charge in [-0.15, -0.1) is 0 Å². The molecule has 0 atom stereocenters. The standard InChI is InChI=1S/C25H18Cl2FNO2/c1-31-25(30)22-3-2-4-24-21(22)11-12-29(24)15-18-8-10-19(26)13-17(18)6-5-16-7-9-20(27)14-23(16)28/h2-14H,15H2,1H3/b6-5+. The van der Waals surface area contributed by atoms with Gasteiger partial charge in [-0.2, -0.15) is 0 Å². The summed E-state index contributed by atoms with van der Waals surface area (Å²) >= 11 is 12.0. The molecule has 0 N–H and O–H groups in total. The fraction of sp³-hybridized carbons (Fsp3) is 0.0800. The molecular formula is C25H18Cl2FNO2. The Balaban J connectivity index is 1.70. The number of carbonyl (C=O) groups excluding carboxylic acids is 1. The molecule has 0 unspecified atom stereocenters. The third kappa shape index (κ3) is 4.50. The Kier molecular flexibility index (Phi) is 6.12. The molecule has 0 fully saturated rings. The summed E-state index contributed by atoms with van der Waals surface area (Å²) < 4.78 is 21.1. The van der Waals surface area contributed by atoms with Gasteiger partial charge in [-0.1, -0.05) is 53.6 Å². The number of aromatic nitrogens is 1. The molecule has 1 heterocycles. The van der Waals surface area contributed by atoms with Gasteiger partial charge in [0.25, 0.3) is 0 Å². The minimum Gasteiger partial charge on any atom is -0.465 e. The Hall–Kier alpha value is -3.08. The topological polar surface area (TPSA) is 31.2 Å². The fourth-order valence-corrected chi connectivity index (χ4v) is 3.85. The van der Waals surface area contributed by atoms with Crippen LogP contribution in [-0.4, -0.2) is 17.6 Å². The molecule has 0 saturated heterocycles. The van der Waals surface area contributed by atoms with E-state index < -0.39 is 0 Å². The third-order valence-electron chi connectivity index (χ3n) is 5.07. The summed E-state index contributed by atoms with van der Waals surface area (Å²) in [5.74, 6) is -0.762. The maximum absolute atomic E-state index is 14.1. The van der Waals surface area contributed by atoms with E-state index in [9.17, 15) is 9.18 Å². The van der Waals surface area contributed by atoms with Crippen molar-refractivity contribution >= 4 is 52.2 Å². The largest absolute Gasteiger partial charge is 0.465 e. The molecule has 6 heteroatoms. The Morgan fingerprint density at radius 2 is 1.74 bits per heavy atom. The molecule has 3 nitrogen and oxygen atoms in total. The minimum atomic E-state index is -0.390. The molecule has 0 bridgehead atoms. The van der Waals surface area contributed by atoms with Gasteiger partial charge in [0.2, 0.25) is 0 Å². The summed E-state index contributed by atoms with van der Waals surface area (Å²) in [4.78, 5) is 12.1. The first kappa shape index (κ1) is 21.2. The van der Waals surface area contributed by atoms with Crippen LogP contribution >= 0.6 is 23.2 Å². The van der Waals surface area contributed by atoms with Crippen molar-refractivity contribution in [3.63, 3.8) is 0 Å². The number of carbonyl (C=O) groups is 1. The highest BCUT2D eigenvalue weighted by atomic mass is 35.5. The van der Waals surface area contributed by atoms with Crippen LogP contribution in [-0.2, 0) is 11.3 Å². The lowest BCUT2D eigenvalue weighted by molar-refractivity contribution is 0.0603. The highest BCUT2D eigenvalue weighted by Gasteiger charge is 2.13. The molecule has 4 rings (SSSR count). The van der Waals surface area contributed by atoms with Crippen molar-refractivity contribution < 1.29 is 13.9 Å². The van der Waals surface area contributed by atoms with E-state index in [0.29, 0.717) is 27.7 Å². The number of methoxy groups -OCH3 is 1. The first-order chi connectivity index (χ1) is 15.0. The van der Waals surface area contributed by atoms with Gasteiger partial charge in [-0.25, -0.2) is 9.18 Å². The zero-order valence-electron chi connectivity index (χ0n) is 16.6. The molecule has 3 aromatic carbocycles. The second-order valence-electron chi connectivity index (χ2n) is 7.02. The van der Waals surface area contributed by atoms with Crippen LogP contribution in [0.1, 0.15) is 27.0 Å². The molecule has 4 aromatic rings. The Morgan fingerprint density at radius 3 is 2.52 bits per heavy atom. The minimum absolute atomic E-state index is 0.351. The summed E-state index contributed by atoms with van der Waals surface area (Å²) in [6.07, 6.45) is 5.46. The average molecular weight is 454 g/mol. The molecule has 0 aliphatic heterocycles. The Morgan fingerprint density at radius 1 is 1.00 bits per heavy atom. The number of esters is 1. The van der Waals surface area contributed by atoms with Gasteiger partial charge in [-0.05, 0) is 53.6 Å². The van der Waals surface area contributed by atoms with E-state index in [2.05, 4.69) is 0 Å². The van der Waals surface area contributed by atoms with Gasteiger partial charge in [0, 0.05) is 39.3 Å². The quantitative estimate of drug-likeness (QED) is 0.238. The molecule has 0 spiro atoms. The third-order valence-corrected chi connectivity index (χ3v) is 5.54. The lowest BCUT2D eigenvalue weighted by Crippen LogP contribution is -2.03. The van der Waals surface area contributed by atoms with Gasteiger partial charge in [0.1, 0.15) is 5.82 Å². The summed E-state index contributed by atoms with van der Waals surface area (Å²) in [6.45, 7) is 0.550. The van der Waals surface area contributed by atoms with Crippen LogP contribution < -0.4 is 0 Å². The molecule has 0 radical (unpaired) electrons. The van der Waals surface area contributed by atoms with E-state index >= 15 is 0 Å². The first-order valence-electron chi connectivity index (χ1n) is 9.54. The number of halogens is 3. The zero-order valence-corrected chi connectivity index (χ0v) is 18.1. The molecule has 31 heavy (non-hydrogen) atoms. The second-order valence-corrected chi connectivity index (χ2v) is 7.89. The number of nitrogens with zero attached hydrogens (tertiary/aromatic N) is 1. The number of rotatable bonds is 5. The molecule has 0 saturated carbocycles. The van der Waals surface area contributed by atoms with E-state index in [1.807, 2.05) is 53.2 Å². The van der Waals surface area contributed by atoms with Crippen LogP contribution in [0, 0.1) is 5.82 Å². The van der Waals surface area contributed by atoms with Crippen molar-refractivity contribution in [1.29, 1.82) is 0 Å². The molecular weight excluding hydrogens is 436 g/mol. The normalized spacial score (nSPS) is 11.4. The number of benzene rings is 3. The van der Waals surface area contributed by atoms with Crippen LogP contribution in [0.25, 0.3) is 23.1 Å². The van der Waals surface area contributed by atoms with Gasteiger partial charge in [0.15, 0.2) is 0 Å². The number of hydrogen-bond acceptors (Lipinski definition) is 2. The highest BCUT2D eigenvalue weighted by Crippen LogP contribution is 2.25. The summed E-state index contributed by atoms with van der Waals surface area (Å²) in [6, 6.07) is 17.6. The van der Waals surface area contributed by atoms with Gasteiger partial charge >= 0.3 is 5.97 Å². The predicted octanol–water partition coefficient (Wildman–Crippen LogP) is 7.09. The van der Waals surface area contributed by atoms with Crippen molar-refractivity contribution in [3.05, 3.63) is 105 Å². The first-order valence-corrected chi connectivity index (χ1v) is 10.3. The van der Waals surface area contributed by atoms with Gasteiger partial charge in [-0.3, -0.25) is 0 Å². The summed E-state index contributed by atoms with van der Waals surface area (Å²) in [7, 11) is 1.37. The van der Waals surface area contributed by atoms with Gasteiger partial charge < -0.3 is 9.30 Å². The van der Waals surface area contributed by atoms with Crippen LogP contribution in [0.3, 0.4) is 0 Å². The van der Waals surface area contributed by atoms with Gasteiger partial charge in [0.05, 0.1) is 12.7 Å². The smallest absolute Gasteiger partial charge is 0.338 e.